The normalized spacial score (nSPS) is 11.4. The van der Waals surface area contributed by atoms with Gasteiger partial charge in [-0.25, -0.2) is 4.98 Å². The van der Waals surface area contributed by atoms with Crippen LogP contribution in [0.15, 0.2) is 10.5 Å². The van der Waals surface area contributed by atoms with Crippen molar-refractivity contribution in [3.05, 3.63) is 11.1 Å². The maximum atomic E-state index is 10.6. The van der Waals surface area contributed by atoms with Gasteiger partial charge >= 0.3 is 0 Å². The van der Waals surface area contributed by atoms with E-state index < -0.39 is 0 Å². The lowest BCUT2D eigenvalue weighted by Gasteiger charge is -1.95. The minimum atomic E-state index is 0.159. The number of anilines is 1. The van der Waals surface area contributed by atoms with Crippen LogP contribution in [-0.2, 0) is 9.63 Å². The Morgan fingerprint density at radius 2 is 2.71 bits per heavy atom. The van der Waals surface area contributed by atoms with E-state index in [-0.39, 0.29) is 5.71 Å². The molecule has 0 amide bonds. The quantitative estimate of drug-likeness (QED) is 0.268. The van der Waals surface area contributed by atoms with Gasteiger partial charge in [0.05, 0.1) is 0 Å². The zero-order valence-electron chi connectivity index (χ0n) is 7.47. The molecule has 0 aromatic carbocycles. The Bertz CT molecular complexity index is 337. The number of thioether (sulfide) groups is 1. The summed E-state index contributed by atoms with van der Waals surface area (Å²) in [6.45, 7) is 0. The Hall–Kier alpha value is -1.08. The number of thiazole rings is 1. The molecule has 1 rings (SSSR count). The van der Waals surface area contributed by atoms with Crippen molar-refractivity contribution in [3.8, 4) is 0 Å². The third-order valence-corrected chi connectivity index (χ3v) is 2.24. The van der Waals surface area contributed by atoms with Gasteiger partial charge in [0.2, 0.25) is 0 Å². The van der Waals surface area contributed by atoms with Gasteiger partial charge in [-0.05, 0) is 6.26 Å². The van der Waals surface area contributed by atoms with E-state index in [4.69, 9.17) is 10.6 Å². The lowest BCUT2D eigenvalue weighted by molar-refractivity contribution is -0.102. The zero-order valence-corrected chi connectivity index (χ0v) is 9.10. The number of carbonyl (C=O) groups is 1. The van der Waals surface area contributed by atoms with Crippen LogP contribution < -0.4 is 5.73 Å². The first-order valence-electron chi connectivity index (χ1n) is 3.63. The molecule has 1 heterocycles. The third kappa shape index (κ3) is 3.00. The molecule has 0 saturated carbocycles. The molecule has 0 spiro atoms. The number of carbonyl (C=O) groups excluding carboxylic acids is 1. The summed E-state index contributed by atoms with van der Waals surface area (Å²) in [6.07, 6.45) is 2.46. The minimum Gasteiger partial charge on any atom is -0.384 e. The molecule has 0 radical (unpaired) electrons. The molecule has 0 aliphatic heterocycles. The SMILES string of the molecule is CSCON=C(C=O)c1csc(N)n1. The average molecular weight is 231 g/mol. The standard InChI is InChI=1S/C7H9N3O2S2/c1-13-4-12-10-5(2-11)6-3-14-7(8)9-6/h2-3H,4H2,1H3,(H2,8,9). The maximum absolute atomic E-state index is 10.6. The molecule has 76 valence electrons. The summed E-state index contributed by atoms with van der Waals surface area (Å²) in [7, 11) is 0. The molecule has 0 atom stereocenters. The lowest BCUT2D eigenvalue weighted by Crippen LogP contribution is -2.04. The van der Waals surface area contributed by atoms with E-state index >= 15 is 0 Å². The Morgan fingerprint density at radius 1 is 1.93 bits per heavy atom. The minimum absolute atomic E-state index is 0.159. The van der Waals surface area contributed by atoms with E-state index in [0.717, 1.165) is 0 Å². The summed E-state index contributed by atoms with van der Waals surface area (Å²) in [5, 5.41) is 5.69. The molecule has 2 N–H and O–H groups in total. The van der Waals surface area contributed by atoms with E-state index in [1.807, 2.05) is 6.26 Å². The molecule has 0 bridgehead atoms. The molecule has 0 aliphatic carbocycles. The van der Waals surface area contributed by atoms with E-state index in [9.17, 15) is 4.79 Å². The van der Waals surface area contributed by atoms with E-state index in [1.54, 1.807) is 5.38 Å². The van der Waals surface area contributed by atoms with Crippen LogP contribution in [0.2, 0.25) is 0 Å². The number of aldehydes is 1. The summed E-state index contributed by atoms with van der Waals surface area (Å²) < 4.78 is 0. The van der Waals surface area contributed by atoms with E-state index in [2.05, 4.69) is 10.1 Å². The van der Waals surface area contributed by atoms with Crippen LogP contribution in [0.4, 0.5) is 5.13 Å². The van der Waals surface area contributed by atoms with Gasteiger partial charge in [-0.3, -0.25) is 4.79 Å². The van der Waals surface area contributed by atoms with Crippen LogP contribution in [0.3, 0.4) is 0 Å². The lowest BCUT2D eigenvalue weighted by atomic mass is 10.3. The highest BCUT2D eigenvalue weighted by atomic mass is 32.2. The number of nitrogens with zero attached hydrogens (tertiary/aromatic N) is 2. The highest BCUT2D eigenvalue weighted by molar-refractivity contribution is 7.98. The van der Waals surface area contributed by atoms with Crippen LogP contribution >= 0.6 is 23.1 Å². The first kappa shape index (κ1) is 11.0. The number of hydrogen-bond acceptors (Lipinski definition) is 7. The highest BCUT2D eigenvalue weighted by Crippen LogP contribution is 2.11. The molecular weight excluding hydrogens is 222 g/mol. The fourth-order valence-electron chi connectivity index (χ4n) is 0.683. The molecule has 0 saturated heterocycles. The van der Waals surface area contributed by atoms with Crippen LogP contribution in [0, 0.1) is 0 Å². The number of rotatable bonds is 5. The molecule has 0 aliphatic rings. The molecule has 5 nitrogen and oxygen atoms in total. The number of nitrogens with two attached hydrogens (primary N) is 1. The van der Waals surface area contributed by atoms with Crippen molar-refractivity contribution in [2.75, 3.05) is 17.9 Å². The van der Waals surface area contributed by atoms with E-state index in [1.165, 1.54) is 23.1 Å². The fraction of sp³-hybridized carbons (Fsp3) is 0.286. The summed E-state index contributed by atoms with van der Waals surface area (Å²) in [5.74, 6) is 0.400. The number of oxime groups is 1. The van der Waals surface area contributed by atoms with Gasteiger partial charge in [-0.15, -0.1) is 23.1 Å². The van der Waals surface area contributed by atoms with Gasteiger partial charge in [0.25, 0.3) is 0 Å². The van der Waals surface area contributed by atoms with Crippen LogP contribution in [-0.4, -0.2) is 29.2 Å². The highest BCUT2D eigenvalue weighted by Gasteiger charge is 2.06. The van der Waals surface area contributed by atoms with Crippen molar-refractivity contribution in [2.24, 2.45) is 5.16 Å². The number of nitrogen functional groups attached to an aromatic ring is 1. The Balaban J connectivity index is 2.71. The average Bonchev–Trinajstić information content (AvgIpc) is 2.60. The third-order valence-electron chi connectivity index (χ3n) is 1.23. The van der Waals surface area contributed by atoms with Gasteiger partial charge < -0.3 is 10.6 Å². The van der Waals surface area contributed by atoms with Crippen molar-refractivity contribution in [1.29, 1.82) is 0 Å². The van der Waals surface area contributed by atoms with Crippen molar-refractivity contribution < 1.29 is 9.63 Å². The van der Waals surface area contributed by atoms with Crippen LogP contribution in [0.5, 0.6) is 0 Å². The van der Waals surface area contributed by atoms with E-state index in [0.29, 0.717) is 23.1 Å². The van der Waals surface area contributed by atoms with Crippen molar-refractivity contribution >= 4 is 40.2 Å². The maximum Gasteiger partial charge on any atom is 0.180 e. The molecule has 7 heteroatoms. The molecule has 0 unspecified atom stereocenters. The van der Waals surface area contributed by atoms with Crippen molar-refractivity contribution in [1.82, 2.24) is 4.98 Å². The van der Waals surface area contributed by atoms with Gasteiger partial charge in [-0.2, -0.15) is 0 Å². The molecular formula is C7H9N3O2S2. The molecule has 0 fully saturated rings. The van der Waals surface area contributed by atoms with Gasteiger partial charge in [-0.1, -0.05) is 5.16 Å². The summed E-state index contributed by atoms with van der Waals surface area (Å²) in [5.41, 5.74) is 6.02. The Labute approximate surface area is 89.3 Å². The largest absolute Gasteiger partial charge is 0.384 e. The second-order valence-electron chi connectivity index (χ2n) is 2.20. The Kier molecular flexibility index (Phi) is 4.41. The second kappa shape index (κ2) is 5.61. The van der Waals surface area contributed by atoms with Gasteiger partial charge in [0.15, 0.2) is 23.1 Å². The summed E-state index contributed by atoms with van der Waals surface area (Å²) in [4.78, 5) is 19.4. The Morgan fingerprint density at radius 3 is 3.21 bits per heavy atom. The first-order valence-corrected chi connectivity index (χ1v) is 5.90. The molecule has 1 aromatic heterocycles. The number of aromatic nitrogens is 1. The van der Waals surface area contributed by atoms with Crippen molar-refractivity contribution in [2.45, 2.75) is 0 Å². The summed E-state index contributed by atoms with van der Waals surface area (Å²) in [6, 6.07) is 0. The fourth-order valence-corrected chi connectivity index (χ4v) is 1.40. The monoisotopic (exact) mass is 231 g/mol. The number of hydrogen-bond donors (Lipinski definition) is 1. The topological polar surface area (TPSA) is 77.6 Å². The van der Waals surface area contributed by atoms with Gasteiger partial charge in [0, 0.05) is 5.38 Å². The zero-order chi connectivity index (χ0) is 10.4. The van der Waals surface area contributed by atoms with Crippen molar-refractivity contribution in [3.63, 3.8) is 0 Å². The van der Waals surface area contributed by atoms with Crippen LogP contribution in [0.25, 0.3) is 0 Å². The molecule has 1 aromatic rings. The van der Waals surface area contributed by atoms with Crippen LogP contribution in [0.1, 0.15) is 5.69 Å². The smallest absolute Gasteiger partial charge is 0.180 e. The van der Waals surface area contributed by atoms with Gasteiger partial charge in [0.1, 0.15) is 5.69 Å². The summed E-state index contributed by atoms with van der Waals surface area (Å²) >= 11 is 2.72. The predicted molar refractivity (Wildman–Crippen MR) is 58.6 cm³/mol. The first-order chi connectivity index (χ1) is 6.77. The predicted octanol–water partition coefficient (Wildman–Crippen LogP) is 0.965. The second-order valence-corrected chi connectivity index (χ2v) is 3.90. The molecule has 14 heavy (non-hydrogen) atoms.